The fraction of sp³-hybridized carbons (Fsp3) is 0.440. The van der Waals surface area contributed by atoms with E-state index in [0.29, 0.717) is 49.8 Å². The third-order valence-corrected chi connectivity index (χ3v) is 7.11. The molecule has 1 aliphatic carbocycles. The topological polar surface area (TPSA) is 131 Å². The van der Waals surface area contributed by atoms with Gasteiger partial charge in [-0.1, -0.05) is 30.2 Å². The van der Waals surface area contributed by atoms with Crippen molar-refractivity contribution in [2.45, 2.75) is 64.5 Å². The Kier molecular flexibility index (Phi) is 9.30. The highest BCUT2D eigenvalue weighted by atomic mass is 32.1. The van der Waals surface area contributed by atoms with E-state index >= 15 is 0 Å². The van der Waals surface area contributed by atoms with E-state index in [1.54, 1.807) is 12.3 Å². The molecule has 3 aromatic rings. The fourth-order valence-corrected chi connectivity index (χ4v) is 5.05. The molecule has 1 fully saturated rings. The molecule has 196 valence electrons. The van der Waals surface area contributed by atoms with Crippen LogP contribution in [0.15, 0.2) is 41.5 Å². The molecule has 0 aromatic carbocycles. The van der Waals surface area contributed by atoms with Gasteiger partial charge >= 0.3 is 6.03 Å². The van der Waals surface area contributed by atoms with Gasteiger partial charge in [-0.15, -0.1) is 10.2 Å². The molecule has 0 aliphatic heterocycles. The molecule has 3 aromatic heterocycles. The molecule has 0 bridgehead atoms. The van der Waals surface area contributed by atoms with Crippen LogP contribution in [-0.4, -0.2) is 31.7 Å². The molecule has 0 radical (unpaired) electrons. The van der Waals surface area contributed by atoms with Gasteiger partial charge in [0.15, 0.2) is 0 Å². The van der Waals surface area contributed by atoms with Crippen molar-refractivity contribution in [2.75, 3.05) is 10.6 Å². The summed E-state index contributed by atoms with van der Waals surface area (Å²) in [5.74, 6) is -0.847. The summed E-state index contributed by atoms with van der Waals surface area (Å²) in [4.78, 5) is 40.8. The Morgan fingerprint density at radius 1 is 1.11 bits per heavy atom. The SMILES string of the molecule is O=C(CC1CCCC1)Nc1ccn(CCCCc2nnc(NC(=O)NCc3ccccn3)s2)c(=O)c1F. The van der Waals surface area contributed by atoms with Crippen molar-refractivity contribution in [1.82, 2.24) is 25.1 Å². The second kappa shape index (κ2) is 13.0. The van der Waals surface area contributed by atoms with Gasteiger partial charge < -0.3 is 15.2 Å². The number of nitrogens with one attached hydrogen (secondary N) is 3. The van der Waals surface area contributed by atoms with Crippen molar-refractivity contribution in [2.24, 2.45) is 5.92 Å². The summed E-state index contributed by atoms with van der Waals surface area (Å²) in [5, 5.41) is 17.1. The Morgan fingerprint density at radius 3 is 2.73 bits per heavy atom. The Balaban J connectivity index is 1.18. The average Bonchev–Trinajstić information content (AvgIpc) is 3.57. The number of unbranched alkanes of at least 4 members (excludes halogenated alkanes) is 1. The summed E-state index contributed by atoms with van der Waals surface area (Å²) in [5.41, 5.74) is -0.0757. The monoisotopic (exact) mass is 527 g/mol. The minimum absolute atomic E-state index is 0.0674. The molecule has 1 aliphatic rings. The van der Waals surface area contributed by atoms with E-state index in [9.17, 15) is 18.8 Å². The molecule has 0 saturated heterocycles. The Hall–Kier alpha value is -3.67. The molecule has 1 saturated carbocycles. The second-order valence-electron chi connectivity index (χ2n) is 9.03. The smallest absolute Gasteiger partial charge is 0.321 e. The van der Waals surface area contributed by atoms with Crippen LogP contribution in [0, 0.1) is 11.7 Å². The van der Waals surface area contributed by atoms with Gasteiger partial charge in [-0.05, 0) is 49.8 Å². The van der Waals surface area contributed by atoms with Crippen molar-refractivity contribution in [1.29, 1.82) is 0 Å². The quantitative estimate of drug-likeness (QED) is 0.322. The number of rotatable bonds is 11. The highest BCUT2D eigenvalue weighted by Gasteiger charge is 2.20. The molecule has 0 spiro atoms. The Labute approximate surface area is 217 Å². The summed E-state index contributed by atoms with van der Waals surface area (Å²) in [6.45, 7) is 0.637. The number of hydrogen-bond acceptors (Lipinski definition) is 7. The van der Waals surface area contributed by atoms with Gasteiger partial charge in [0.05, 0.1) is 17.9 Å². The predicted octanol–water partition coefficient (Wildman–Crippen LogP) is 4.10. The zero-order chi connectivity index (χ0) is 26.0. The van der Waals surface area contributed by atoms with Crippen molar-refractivity contribution >= 4 is 34.1 Å². The molecule has 10 nitrogen and oxygen atoms in total. The molecule has 3 N–H and O–H groups in total. The molecular formula is C25H30FN7O3S. The first-order chi connectivity index (χ1) is 18.0. The summed E-state index contributed by atoms with van der Waals surface area (Å²) in [6, 6.07) is 6.51. The number of aromatic nitrogens is 4. The molecule has 3 heterocycles. The Morgan fingerprint density at radius 2 is 1.95 bits per heavy atom. The molecular weight excluding hydrogens is 497 g/mol. The van der Waals surface area contributed by atoms with Gasteiger partial charge in [0.1, 0.15) is 5.01 Å². The Bertz CT molecular complexity index is 1260. The van der Waals surface area contributed by atoms with Crippen LogP contribution in [0.25, 0.3) is 0 Å². The first-order valence-electron chi connectivity index (χ1n) is 12.4. The first kappa shape index (κ1) is 26.4. The lowest BCUT2D eigenvalue weighted by Gasteiger charge is -2.11. The van der Waals surface area contributed by atoms with Gasteiger partial charge in [0, 0.05) is 31.8 Å². The maximum Gasteiger partial charge on any atom is 0.321 e. The number of anilines is 2. The summed E-state index contributed by atoms with van der Waals surface area (Å²) >= 11 is 1.27. The highest BCUT2D eigenvalue weighted by Crippen LogP contribution is 2.27. The first-order valence-corrected chi connectivity index (χ1v) is 13.3. The minimum Gasteiger partial charge on any atom is -0.332 e. The summed E-state index contributed by atoms with van der Waals surface area (Å²) < 4.78 is 15.9. The number of pyridine rings is 2. The van der Waals surface area contributed by atoms with Crippen molar-refractivity contribution in [3.05, 3.63) is 63.5 Å². The number of amides is 3. The van der Waals surface area contributed by atoms with E-state index in [4.69, 9.17) is 0 Å². The highest BCUT2D eigenvalue weighted by molar-refractivity contribution is 7.15. The molecule has 37 heavy (non-hydrogen) atoms. The van der Waals surface area contributed by atoms with E-state index in [2.05, 4.69) is 31.1 Å². The van der Waals surface area contributed by atoms with Crippen molar-refractivity contribution in [3.8, 4) is 0 Å². The zero-order valence-electron chi connectivity index (χ0n) is 20.4. The number of urea groups is 1. The molecule has 0 atom stereocenters. The van der Waals surface area contributed by atoms with Crippen LogP contribution < -0.4 is 21.5 Å². The van der Waals surface area contributed by atoms with Crippen LogP contribution >= 0.6 is 11.3 Å². The van der Waals surface area contributed by atoms with Crippen molar-refractivity contribution < 1.29 is 14.0 Å². The van der Waals surface area contributed by atoms with E-state index in [1.807, 2.05) is 12.1 Å². The molecule has 12 heteroatoms. The normalized spacial score (nSPS) is 13.4. The van der Waals surface area contributed by atoms with Crippen LogP contribution in [0.3, 0.4) is 0 Å². The van der Waals surface area contributed by atoms with Gasteiger partial charge in [0.2, 0.25) is 16.9 Å². The number of aryl methyl sites for hydroxylation is 2. The minimum atomic E-state index is -0.941. The standard InChI is InChI=1S/C25H30FN7O3S/c26-22-19(29-20(34)15-17-7-1-2-8-17)11-14-33(23(22)35)13-6-4-10-21-31-32-25(37-21)30-24(36)28-16-18-9-3-5-12-27-18/h3,5,9,11-12,14,17H,1-2,4,6-8,10,13,15-16H2,(H,29,34)(H2,28,30,32,36). The van der Waals surface area contributed by atoms with Crippen LogP contribution in [0.5, 0.6) is 0 Å². The van der Waals surface area contributed by atoms with Crippen molar-refractivity contribution in [3.63, 3.8) is 0 Å². The van der Waals surface area contributed by atoms with Gasteiger partial charge in [-0.25, -0.2) is 4.79 Å². The maximum absolute atomic E-state index is 14.6. The largest absolute Gasteiger partial charge is 0.332 e. The van der Waals surface area contributed by atoms with E-state index < -0.39 is 17.4 Å². The number of nitrogens with zero attached hydrogens (tertiary/aromatic N) is 4. The molecule has 3 amide bonds. The van der Waals surface area contributed by atoms with Crippen LogP contribution in [0.2, 0.25) is 0 Å². The number of carbonyl (C=O) groups is 2. The van der Waals surface area contributed by atoms with Crippen LogP contribution in [-0.2, 0) is 24.3 Å². The number of halogens is 1. The third-order valence-electron chi connectivity index (χ3n) is 6.21. The average molecular weight is 528 g/mol. The number of hydrogen-bond donors (Lipinski definition) is 3. The second-order valence-corrected chi connectivity index (χ2v) is 10.1. The van der Waals surface area contributed by atoms with Gasteiger partial charge in [-0.2, -0.15) is 4.39 Å². The summed E-state index contributed by atoms with van der Waals surface area (Å²) in [6.07, 6.45) is 9.77. The van der Waals surface area contributed by atoms with E-state index in [1.165, 1.54) is 28.2 Å². The third kappa shape index (κ3) is 7.91. The van der Waals surface area contributed by atoms with Crippen LogP contribution in [0.1, 0.15) is 55.6 Å². The maximum atomic E-state index is 14.6. The van der Waals surface area contributed by atoms with Crippen LogP contribution in [0.4, 0.5) is 20.0 Å². The number of carbonyl (C=O) groups excluding carboxylic acids is 2. The molecule has 0 unspecified atom stereocenters. The van der Waals surface area contributed by atoms with Gasteiger partial charge in [-0.3, -0.25) is 19.9 Å². The lowest BCUT2D eigenvalue weighted by molar-refractivity contribution is -0.117. The lowest BCUT2D eigenvalue weighted by atomic mass is 10.0. The van der Waals surface area contributed by atoms with Gasteiger partial charge in [0.25, 0.3) is 5.56 Å². The van der Waals surface area contributed by atoms with E-state index in [0.717, 1.165) is 36.4 Å². The predicted molar refractivity (Wildman–Crippen MR) is 139 cm³/mol. The molecule has 4 rings (SSSR count). The lowest BCUT2D eigenvalue weighted by Crippen LogP contribution is -2.28. The summed E-state index contributed by atoms with van der Waals surface area (Å²) in [7, 11) is 0. The zero-order valence-corrected chi connectivity index (χ0v) is 21.2. The van der Waals surface area contributed by atoms with E-state index in [-0.39, 0.29) is 11.6 Å². The fourth-order valence-electron chi connectivity index (χ4n) is 4.28.